The number of hydrogen-bond donors (Lipinski definition) is 1. The highest BCUT2D eigenvalue weighted by molar-refractivity contribution is 5.82. The lowest BCUT2D eigenvalue weighted by Crippen LogP contribution is -2.41. The summed E-state index contributed by atoms with van der Waals surface area (Å²) >= 11 is 0. The number of nitrogens with zero attached hydrogens (tertiary/aromatic N) is 5. The lowest BCUT2D eigenvalue weighted by atomic mass is 9.92. The third-order valence-electron chi connectivity index (χ3n) is 7.87. The number of nitrogens with one attached hydrogen (secondary N) is 1. The Morgan fingerprint density at radius 1 is 1.08 bits per heavy atom. The van der Waals surface area contributed by atoms with Gasteiger partial charge in [-0.2, -0.15) is 0 Å². The normalized spacial score (nSPS) is 15.5. The van der Waals surface area contributed by atoms with Gasteiger partial charge in [0, 0.05) is 24.7 Å². The molecule has 0 radical (unpaired) electrons. The maximum atomic E-state index is 13.3. The van der Waals surface area contributed by atoms with E-state index in [4.69, 9.17) is 0 Å². The van der Waals surface area contributed by atoms with Crippen LogP contribution in [0.5, 0.6) is 0 Å². The Hall–Kier alpha value is -3.32. The second kappa shape index (κ2) is 11.4. The summed E-state index contributed by atoms with van der Waals surface area (Å²) in [4.78, 5) is 19.0. The summed E-state index contributed by atoms with van der Waals surface area (Å²) < 4.78 is 1.97. The molecule has 0 saturated heterocycles. The largest absolute Gasteiger partial charge is 0.321 e. The zero-order valence-electron chi connectivity index (χ0n) is 22.3. The average molecular weight is 499 g/mol. The fourth-order valence-electron chi connectivity index (χ4n) is 6.01. The maximum Gasteiger partial charge on any atom is 0.252 e. The minimum Gasteiger partial charge on any atom is -0.321 e. The van der Waals surface area contributed by atoms with E-state index >= 15 is 0 Å². The Kier molecular flexibility index (Phi) is 7.79. The van der Waals surface area contributed by atoms with Gasteiger partial charge in [-0.25, -0.2) is 4.68 Å². The molecule has 0 aliphatic heterocycles. The highest BCUT2D eigenvalue weighted by Crippen LogP contribution is 2.33. The van der Waals surface area contributed by atoms with Gasteiger partial charge in [0.15, 0.2) is 5.82 Å². The van der Waals surface area contributed by atoms with Gasteiger partial charge in [0.25, 0.3) is 5.56 Å². The first-order chi connectivity index (χ1) is 18.0. The average Bonchev–Trinajstić information content (AvgIpc) is 3.37. The Morgan fingerprint density at radius 3 is 2.62 bits per heavy atom. The number of tetrazole rings is 1. The van der Waals surface area contributed by atoms with E-state index < -0.39 is 0 Å². The van der Waals surface area contributed by atoms with Crippen LogP contribution in [0, 0.1) is 13.8 Å². The van der Waals surface area contributed by atoms with Crippen LogP contribution in [0.15, 0.2) is 53.3 Å². The third kappa shape index (κ3) is 5.67. The molecule has 1 atom stereocenters. The molecule has 7 nitrogen and oxygen atoms in total. The molecule has 2 aromatic carbocycles. The van der Waals surface area contributed by atoms with E-state index in [0.29, 0.717) is 12.6 Å². The number of aromatic nitrogens is 5. The van der Waals surface area contributed by atoms with Gasteiger partial charge in [-0.3, -0.25) is 9.69 Å². The van der Waals surface area contributed by atoms with Crippen LogP contribution < -0.4 is 5.56 Å². The molecule has 0 bridgehead atoms. The van der Waals surface area contributed by atoms with Gasteiger partial charge in [0.1, 0.15) is 0 Å². The van der Waals surface area contributed by atoms with E-state index in [1.165, 1.54) is 30.4 Å². The van der Waals surface area contributed by atoms with Crippen molar-refractivity contribution < 1.29 is 0 Å². The van der Waals surface area contributed by atoms with Crippen molar-refractivity contribution in [3.8, 4) is 0 Å². The van der Waals surface area contributed by atoms with Gasteiger partial charge in [-0.15, -0.1) is 5.10 Å². The molecule has 1 aliphatic carbocycles. The predicted molar refractivity (Wildman–Crippen MR) is 147 cm³/mol. The van der Waals surface area contributed by atoms with E-state index in [0.717, 1.165) is 60.1 Å². The first-order valence-electron chi connectivity index (χ1n) is 13.7. The van der Waals surface area contributed by atoms with Crippen molar-refractivity contribution in [1.29, 1.82) is 0 Å². The van der Waals surface area contributed by atoms with E-state index in [1.807, 2.05) is 10.7 Å². The summed E-state index contributed by atoms with van der Waals surface area (Å²) in [5.74, 6) is 0.896. The van der Waals surface area contributed by atoms with Crippen molar-refractivity contribution in [2.75, 3.05) is 0 Å². The first kappa shape index (κ1) is 25.3. The van der Waals surface area contributed by atoms with Crippen molar-refractivity contribution in [2.24, 2.45) is 0 Å². The number of fused-ring (bicyclic) bond motifs is 1. The molecule has 4 aromatic rings. The zero-order valence-corrected chi connectivity index (χ0v) is 22.3. The molecule has 0 unspecified atom stereocenters. The lowest BCUT2D eigenvalue weighted by molar-refractivity contribution is 0.0841. The smallest absolute Gasteiger partial charge is 0.252 e. The van der Waals surface area contributed by atoms with Crippen LogP contribution in [0.1, 0.15) is 79.6 Å². The molecule has 1 aliphatic rings. The molecule has 5 rings (SSSR count). The number of benzene rings is 2. The quantitative estimate of drug-likeness (QED) is 0.322. The number of H-pyrrole nitrogens is 1. The van der Waals surface area contributed by atoms with E-state index in [-0.39, 0.29) is 11.6 Å². The lowest BCUT2D eigenvalue weighted by Gasteiger charge is -2.39. The number of hydrogen-bond acceptors (Lipinski definition) is 5. The van der Waals surface area contributed by atoms with Crippen molar-refractivity contribution in [2.45, 2.75) is 90.9 Å². The summed E-state index contributed by atoms with van der Waals surface area (Å²) in [6, 6.07) is 17.3. The minimum absolute atomic E-state index is 0.00113. The molecule has 2 heterocycles. The molecular formula is C30H38N6O. The number of pyridine rings is 1. The van der Waals surface area contributed by atoms with Crippen LogP contribution in [-0.4, -0.2) is 36.1 Å². The summed E-state index contributed by atoms with van der Waals surface area (Å²) in [6.45, 7) is 7.69. The minimum atomic E-state index is -0.00113. The fraction of sp³-hybridized carbons (Fsp3) is 0.467. The molecule has 194 valence electrons. The maximum absolute atomic E-state index is 13.3. The molecule has 1 fully saturated rings. The number of aromatic amines is 1. The standard InChI is InChI=1S/C30H38N6O/c1-4-27(29-32-33-34-36(29)16-15-23-11-7-5-8-12-23)35(26-13-9-6-10-14-26)20-25-19-24-18-21(2)17-22(3)28(24)31-30(25)37/h5,7-8,11-12,17-19,26-27H,4,6,9-10,13-16,20H2,1-3H3,(H,31,37)/t27-/m1/s1. The second-order valence-corrected chi connectivity index (χ2v) is 10.6. The SMILES string of the molecule is CC[C@H](c1nnnn1CCc1ccccc1)N(Cc1cc2cc(C)cc(C)c2[nH]c1=O)C1CCCCC1. The molecule has 37 heavy (non-hydrogen) atoms. The van der Waals surface area contributed by atoms with Crippen LogP contribution >= 0.6 is 0 Å². The Morgan fingerprint density at radius 2 is 1.86 bits per heavy atom. The Labute approximate surface area is 218 Å². The second-order valence-electron chi connectivity index (χ2n) is 10.6. The summed E-state index contributed by atoms with van der Waals surface area (Å²) in [5.41, 5.74) is 5.32. The molecule has 7 heteroatoms. The number of aryl methyl sites for hydroxylation is 4. The van der Waals surface area contributed by atoms with Crippen molar-refractivity contribution in [3.05, 3.63) is 87.0 Å². The van der Waals surface area contributed by atoms with Gasteiger partial charge >= 0.3 is 0 Å². The zero-order chi connectivity index (χ0) is 25.8. The van der Waals surface area contributed by atoms with Gasteiger partial charge < -0.3 is 4.98 Å². The van der Waals surface area contributed by atoms with Gasteiger partial charge in [-0.05, 0) is 78.6 Å². The molecule has 1 N–H and O–H groups in total. The summed E-state index contributed by atoms with van der Waals surface area (Å²) in [5, 5.41) is 14.1. The third-order valence-corrected chi connectivity index (χ3v) is 7.87. The van der Waals surface area contributed by atoms with Crippen molar-refractivity contribution >= 4 is 10.9 Å². The van der Waals surface area contributed by atoms with Crippen LogP contribution in [0.2, 0.25) is 0 Å². The van der Waals surface area contributed by atoms with Crippen LogP contribution in [0.4, 0.5) is 0 Å². The molecule has 1 saturated carbocycles. The molecule has 2 aromatic heterocycles. The molecule has 0 amide bonds. The Balaban J connectivity index is 1.48. The topological polar surface area (TPSA) is 79.7 Å². The summed E-state index contributed by atoms with van der Waals surface area (Å²) in [6.07, 6.45) is 7.78. The summed E-state index contributed by atoms with van der Waals surface area (Å²) in [7, 11) is 0. The van der Waals surface area contributed by atoms with Crippen molar-refractivity contribution in [3.63, 3.8) is 0 Å². The predicted octanol–water partition coefficient (Wildman–Crippen LogP) is 5.66. The van der Waals surface area contributed by atoms with E-state index in [2.05, 4.69) is 88.6 Å². The Bertz CT molecular complexity index is 1390. The fourth-order valence-corrected chi connectivity index (χ4v) is 6.01. The van der Waals surface area contributed by atoms with E-state index in [9.17, 15) is 4.79 Å². The highest BCUT2D eigenvalue weighted by atomic mass is 16.1. The van der Waals surface area contributed by atoms with Crippen LogP contribution in [0.3, 0.4) is 0 Å². The van der Waals surface area contributed by atoms with Gasteiger partial charge in [0.05, 0.1) is 11.6 Å². The van der Waals surface area contributed by atoms with E-state index in [1.54, 1.807) is 0 Å². The number of rotatable bonds is 9. The van der Waals surface area contributed by atoms with Crippen molar-refractivity contribution in [1.82, 2.24) is 30.1 Å². The first-order valence-corrected chi connectivity index (χ1v) is 13.7. The molecule has 0 spiro atoms. The highest BCUT2D eigenvalue weighted by Gasteiger charge is 2.32. The van der Waals surface area contributed by atoms with Gasteiger partial charge in [0.2, 0.25) is 0 Å². The monoisotopic (exact) mass is 498 g/mol. The van der Waals surface area contributed by atoms with Crippen LogP contribution in [-0.2, 0) is 19.5 Å². The van der Waals surface area contributed by atoms with Crippen LogP contribution in [0.25, 0.3) is 10.9 Å². The molecular weight excluding hydrogens is 460 g/mol. The van der Waals surface area contributed by atoms with Gasteiger partial charge in [-0.1, -0.05) is 68.1 Å².